The summed E-state index contributed by atoms with van der Waals surface area (Å²) in [5, 5.41) is 14.6. The molecule has 0 saturated carbocycles. The maximum absolute atomic E-state index is 12.2. The monoisotopic (exact) mass is 363 g/mol. The predicted octanol–water partition coefficient (Wildman–Crippen LogP) is 3.86. The van der Waals surface area contributed by atoms with E-state index in [0.717, 1.165) is 5.56 Å². The molecule has 26 heavy (non-hydrogen) atoms. The first-order valence-corrected chi connectivity index (χ1v) is 7.61. The molecule has 0 aliphatic rings. The van der Waals surface area contributed by atoms with Gasteiger partial charge in [-0.25, -0.2) is 0 Å². The highest BCUT2D eigenvalue weighted by Crippen LogP contribution is 2.24. The maximum Gasteiger partial charge on any atom is 0.422 e. The molecule has 0 saturated heterocycles. The van der Waals surface area contributed by atoms with Gasteiger partial charge in [0.25, 0.3) is 0 Å². The molecule has 5 nitrogen and oxygen atoms in total. The van der Waals surface area contributed by atoms with E-state index < -0.39 is 12.8 Å². The van der Waals surface area contributed by atoms with Crippen LogP contribution in [-0.2, 0) is 4.79 Å². The number of nitrogens with zero attached hydrogens (tertiary/aromatic N) is 1. The average molecular weight is 363 g/mol. The quantitative estimate of drug-likeness (QED) is 0.817. The van der Waals surface area contributed by atoms with Crippen LogP contribution in [0.4, 0.5) is 24.5 Å². The number of carbonyl (C=O) groups is 1. The molecule has 0 unspecified atom stereocenters. The number of ether oxygens (including phenoxy) is 1. The van der Waals surface area contributed by atoms with Gasteiger partial charge in [0.15, 0.2) is 6.61 Å². The highest BCUT2D eigenvalue weighted by atomic mass is 19.4. The van der Waals surface area contributed by atoms with Gasteiger partial charge >= 0.3 is 6.18 Å². The zero-order valence-electron chi connectivity index (χ0n) is 13.9. The maximum atomic E-state index is 12.2. The molecule has 0 bridgehead atoms. The summed E-state index contributed by atoms with van der Waals surface area (Å²) in [6.45, 7) is 0.317. The van der Waals surface area contributed by atoms with E-state index in [9.17, 15) is 18.0 Å². The topological polar surface area (TPSA) is 74.2 Å². The first kappa shape index (κ1) is 19.1. The number of nitriles is 1. The number of aryl methyl sites for hydroxylation is 1. The Balaban J connectivity index is 1.96. The molecule has 0 heterocycles. The van der Waals surface area contributed by atoms with Gasteiger partial charge in [-0.2, -0.15) is 18.4 Å². The van der Waals surface area contributed by atoms with Gasteiger partial charge in [-0.1, -0.05) is 18.2 Å². The lowest BCUT2D eigenvalue weighted by Gasteiger charge is -2.12. The van der Waals surface area contributed by atoms with Gasteiger partial charge in [0, 0.05) is 11.4 Å². The van der Waals surface area contributed by atoms with Crippen molar-refractivity contribution in [2.75, 3.05) is 23.8 Å². The summed E-state index contributed by atoms with van der Waals surface area (Å²) in [5.41, 5.74) is 1.96. The minimum absolute atomic E-state index is 0.0569. The molecule has 136 valence electrons. The number of nitrogens with one attached hydrogen (secondary N) is 2. The van der Waals surface area contributed by atoms with Crippen LogP contribution >= 0.6 is 0 Å². The molecule has 2 aromatic rings. The smallest absolute Gasteiger partial charge is 0.422 e. The highest BCUT2D eigenvalue weighted by molar-refractivity contribution is 5.94. The summed E-state index contributed by atoms with van der Waals surface area (Å²) >= 11 is 0. The minimum Gasteiger partial charge on any atom is -0.483 e. The summed E-state index contributed by atoms with van der Waals surface area (Å²) in [5.74, 6) is -0.463. The molecule has 2 aromatic carbocycles. The van der Waals surface area contributed by atoms with Crippen molar-refractivity contribution < 1.29 is 22.7 Å². The fraction of sp³-hybridized carbons (Fsp3) is 0.222. The summed E-state index contributed by atoms with van der Waals surface area (Å²) in [6.07, 6.45) is -4.49. The van der Waals surface area contributed by atoms with Gasteiger partial charge in [-0.15, -0.1) is 0 Å². The van der Waals surface area contributed by atoms with Crippen molar-refractivity contribution in [2.24, 2.45) is 0 Å². The number of rotatable bonds is 6. The van der Waals surface area contributed by atoms with Crippen LogP contribution in [0.1, 0.15) is 11.1 Å². The normalized spacial score (nSPS) is 10.7. The van der Waals surface area contributed by atoms with E-state index in [1.165, 1.54) is 18.2 Å². The van der Waals surface area contributed by atoms with Crippen LogP contribution in [0.15, 0.2) is 42.5 Å². The minimum atomic E-state index is -4.49. The second-order valence-electron chi connectivity index (χ2n) is 5.44. The van der Waals surface area contributed by atoms with E-state index in [2.05, 4.69) is 15.4 Å². The number of amides is 1. The fourth-order valence-corrected chi connectivity index (χ4v) is 2.10. The second kappa shape index (κ2) is 8.25. The Bertz CT molecular complexity index is 829. The van der Waals surface area contributed by atoms with Crippen LogP contribution in [0, 0.1) is 18.3 Å². The van der Waals surface area contributed by atoms with E-state index in [1.54, 1.807) is 18.2 Å². The molecule has 0 aliphatic heterocycles. The average Bonchev–Trinajstić information content (AvgIpc) is 2.59. The van der Waals surface area contributed by atoms with E-state index >= 15 is 0 Å². The van der Waals surface area contributed by atoms with Crippen molar-refractivity contribution in [3.8, 4) is 11.8 Å². The number of anilines is 2. The molecule has 2 rings (SSSR count). The largest absolute Gasteiger partial charge is 0.483 e. The Labute approximate surface area is 148 Å². The van der Waals surface area contributed by atoms with E-state index in [4.69, 9.17) is 5.26 Å². The number of carbonyl (C=O) groups excluding carboxylic acids is 1. The van der Waals surface area contributed by atoms with E-state index in [1.807, 2.05) is 19.1 Å². The highest BCUT2D eigenvalue weighted by Gasteiger charge is 2.28. The van der Waals surface area contributed by atoms with Gasteiger partial charge in [-0.05, 0) is 36.8 Å². The third-order valence-electron chi connectivity index (χ3n) is 3.36. The van der Waals surface area contributed by atoms with Crippen LogP contribution in [0.2, 0.25) is 0 Å². The molecular formula is C18H16F3N3O2. The van der Waals surface area contributed by atoms with Crippen molar-refractivity contribution in [2.45, 2.75) is 13.1 Å². The summed E-state index contributed by atoms with van der Waals surface area (Å²) in [6, 6.07) is 13.1. The fourth-order valence-electron chi connectivity index (χ4n) is 2.10. The molecule has 2 N–H and O–H groups in total. The molecule has 0 aromatic heterocycles. The Morgan fingerprint density at radius 2 is 1.96 bits per heavy atom. The third-order valence-corrected chi connectivity index (χ3v) is 3.36. The standard InChI is InChI=1S/C18H16F3N3O2/c1-12-4-2-3-5-15(12)24-17(25)10-23-14-6-7-16(13(8-14)9-22)26-11-18(19,20)21/h2-8,23H,10-11H2,1H3,(H,24,25). The van der Waals surface area contributed by atoms with Crippen molar-refractivity contribution >= 4 is 17.3 Å². The SMILES string of the molecule is Cc1ccccc1NC(=O)CNc1ccc(OCC(F)(F)F)c(C#N)c1. The molecular weight excluding hydrogens is 347 g/mol. The Kier molecular flexibility index (Phi) is 6.07. The summed E-state index contributed by atoms with van der Waals surface area (Å²) in [4.78, 5) is 12.0. The number of halogens is 3. The first-order valence-electron chi connectivity index (χ1n) is 7.61. The van der Waals surface area contributed by atoms with Crippen molar-refractivity contribution in [3.05, 3.63) is 53.6 Å². The number of benzene rings is 2. The molecule has 0 atom stereocenters. The first-order chi connectivity index (χ1) is 12.3. The number of alkyl halides is 3. The second-order valence-corrected chi connectivity index (χ2v) is 5.44. The van der Waals surface area contributed by atoms with Crippen LogP contribution in [-0.4, -0.2) is 25.2 Å². The number of hydrogen-bond donors (Lipinski definition) is 2. The van der Waals surface area contributed by atoms with Gasteiger partial charge in [-0.3, -0.25) is 4.79 Å². The lowest BCUT2D eigenvalue weighted by molar-refractivity contribution is -0.153. The van der Waals surface area contributed by atoms with Crippen LogP contribution in [0.25, 0.3) is 0 Å². The molecule has 1 amide bonds. The van der Waals surface area contributed by atoms with Crippen molar-refractivity contribution in [3.63, 3.8) is 0 Å². The summed E-state index contributed by atoms with van der Waals surface area (Å²) in [7, 11) is 0. The lowest BCUT2D eigenvalue weighted by atomic mass is 10.2. The molecule has 0 radical (unpaired) electrons. The van der Waals surface area contributed by atoms with Crippen molar-refractivity contribution in [1.29, 1.82) is 5.26 Å². The zero-order chi connectivity index (χ0) is 19.2. The summed E-state index contributed by atoms with van der Waals surface area (Å²) < 4.78 is 41.2. The Hall–Kier alpha value is -3.21. The Morgan fingerprint density at radius 3 is 2.62 bits per heavy atom. The van der Waals surface area contributed by atoms with Gasteiger partial charge in [0.1, 0.15) is 11.8 Å². The zero-order valence-corrected chi connectivity index (χ0v) is 13.9. The van der Waals surface area contributed by atoms with Crippen LogP contribution < -0.4 is 15.4 Å². The van der Waals surface area contributed by atoms with E-state index in [-0.39, 0.29) is 23.8 Å². The van der Waals surface area contributed by atoms with Crippen molar-refractivity contribution in [1.82, 2.24) is 0 Å². The number of hydrogen-bond acceptors (Lipinski definition) is 4. The predicted molar refractivity (Wildman–Crippen MR) is 91.0 cm³/mol. The van der Waals surface area contributed by atoms with E-state index in [0.29, 0.717) is 11.4 Å². The van der Waals surface area contributed by atoms with Gasteiger partial charge in [0.2, 0.25) is 5.91 Å². The van der Waals surface area contributed by atoms with Crippen LogP contribution in [0.5, 0.6) is 5.75 Å². The van der Waals surface area contributed by atoms with Gasteiger partial charge < -0.3 is 15.4 Å². The van der Waals surface area contributed by atoms with Crippen LogP contribution in [0.3, 0.4) is 0 Å². The third kappa shape index (κ3) is 5.70. The molecule has 0 fully saturated rings. The van der Waals surface area contributed by atoms with Gasteiger partial charge in [0.05, 0.1) is 12.1 Å². The number of para-hydroxylation sites is 1. The molecule has 8 heteroatoms. The Morgan fingerprint density at radius 1 is 1.23 bits per heavy atom. The molecule has 0 aliphatic carbocycles. The molecule has 0 spiro atoms. The lowest BCUT2D eigenvalue weighted by Crippen LogP contribution is -2.22.